The third kappa shape index (κ3) is 66.5. The molecule has 0 aromatic heterocycles. The van der Waals surface area contributed by atoms with E-state index in [-0.39, 0.29) is 32.2 Å². The number of likely N-dealkylation sites (N-methyl/N-ethyl adjacent to an activating group) is 1. The number of hydrogen-bond acceptors (Lipinski definition) is 7. The first-order chi connectivity index (χ1) is 41.6. The van der Waals surface area contributed by atoms with Gasteiger partial charge >= 0.3 is 17.9 Å². The maximum absolute atomic E-state index is 12.9. The summed E-state index contributed by atoms with van der Waals surface area (Å²) in [5.74, 6) is -2.03. The lowest BCUT2D eigenvalue weighted by molar-refractivity contribution is -0.870. The minimum absolute atomic E-state index is 0.178. The minimum Gasteiger partial charge on any atom is -0.477 e. The zero-order valence-corrected chi connectivity index (χ0v) is 55.0. The van der Waals surface area contributed by atoms with Crippen molar-refractivity contribution in [2.45, 2.75) is 270 Å². The van der Waals surface area contributed by atoms with Gasteiger partial charge < -0.3 is 28.5 Å². The van der Waals surface area contributed by atoms with Gasteiger partial charge in [0, 0.05) is 12.8 Å². The molecular weight excluding hydrogens is 1050 g/mol. The molecule has 0 amide bonds. The van der Waals surface area contributed by atoms with Crippen LogP contribution in [0.1, 0.15) is 258 Å². The molecule has 0 radical (unpaired) electrons. The van der Waals surface area contributed by atoms with Crippen molar-refractivity contribution in [3.8, 4) is 0 Å². The molecule has 482 valence electrons. The molecule has 0 aliphatic heterocycles. The lowest BCUT2D eigenvalue weighted by Gasteiger charge is -2.25. The van der Waals surface area contributed by atoms with Crippen molar-refractivity contribution in [1.29, 1.82) is 0 Å². The number of quaternary nitrogens is 1. The maximum atomic E-state index is 12.9. The van der Waals surface area contributed by atoms with Crippen molar-refractivity contribution in [2.24, 2.45) is 0 Å². The second-order valence-electron chi connectivity index (χ2n) is 23.4. The van der Waals surface area contributed by atoms with E-state index in [1.165, 1.54) is 103 Å². The van der Waals surface area contributed by atoms with Crippen LogP contribution in [-0.4, -0.2) is 87.4 Å². The third-order valence-electron chi connectivity index (χ3n) is 14.1. The summed E-state index contributed by atoms with van der Waals surface area (Å²) in [5.41, 5.74) is 0. The van der Waals surface area contributed by atoms with Gasteiger partial charge in [0.1, 0.15) is 13.2 Å². The largest absolute Gasteiger partial charge is 0.477 e. The van der Waals surface area contributed by atoms with Gasteiger partial charge in [-0.2, -0.15) is 0 Å². The molecule has 1 N–H and O–H groups in total. The van der Waals surface area contributed by atoms with Crippen LogP contribution in [0.5, 0.6) is 0 Å². The van der Waals surface area contributed by atoms with E-state index in [2.05, 4.69) is 160 Å². The Morgan fingerprint density at radius 1 is 0.353 bits per heavy atom. The van der Waals surface area contributed by atoms with E-state index in [4.69, 9.17) is 18.9 Å². The summed E-state index contributed by atoms with van der Waals surface area (Å²) in [5, 5.41) is 9.74. The molecule has 0 aromatic carbocycles. The smallest absolute Gasteiger partial charge is 0.361 e. The van der Waals surface area contributed by atoms with Gasteiger partial charge in [0.15, 0.2) is 6.10 Å². The first kappa shape index (κ1) is 80.2. The zero-order valence-electron chi connectivity index (χ0n) is 55.0. The lowest BCUT2D eigenvalue weighted by atomic mass is 10.0. The summed E-state index contributed by atoms with van der Waals surface area (Å²) >= 11 is 0. The normalized spacial score (nSPS) is 13.7. The fourth-order valence-electron chi connectivity index (χ4n) is 8.96. The number of hydrogen-bond donors (Lipinski definition) is 1. The average Bonchev–Trinajstić information content (AvgIpc) is 3.48. The van der Waals surface area contributed by atoms with Crippen molar-refractivity contribution in [3.05, 3.63) is 146 Å². The average molecular weight is 1180 g/mol. The number of aliphatic carboxylic acids is 1. The number of carboxylic acid groups (broad SMARTS) is 1. The number of nitrogens with zero attached hydrogens (tertiary/aromatic N) is 1. The number of unbranched alkanes of at least 4 members (excludes halogenated alkanes) is 22. The van der Waals surface area contributed by atoms with Crippen molar-refractivity contribution < 1.29 is 42.9 Å². The first-order valence-corrected chi connectivity index (χ1v) is 34.0. The molecule has 2 unspecified atom stereocenters. The molecule has 85 heavy (non-hydrogen) atoms. The Balaban J connectivity index is 4.20. The van der Waals surface area contributed by atoms with Gasteiger partial charge in [-0.25, -0.2) is 4.79 Å². The number of carbonyl (C=O) groups is 3. The van der Waals surface area contributed by atoms with Gasteiger partial charge in [0.2, 0.25) is 0 Å². The molecule has 0 bridgehead atoms. The van der Waals surface area contributed by atoms with Gasteiger partial charge in [0.05, 0.1) is 34.4 Å². The number of allylic oxidation sites excluding steroid dienone is 24. The van der Waals surface area contributed by atoms with Crippen LogP contribution in [0.2, 0.25) is 0 Å². The fraction of sp³-hybridized carbons (Fsp3) is 0.645. The predicted octanol–water partition coefficient (Wildman–Crippen LogP) is 21.1. The molecule has 0 aromatic rings. The summed E-state index contributed by atoms with van der Waals surface area (Å²) in [6.07, 6.45) is 92.3. The Bertz CT molecular complexity index is 1900. The summed E-state index contributed by atoms with van der Waals surface area (Å²) in [6.45, 7) is 4.63. The van der Waals surface area contributed by atoms with E-state index in [0.717, 1.165) is 122 Å². The first-order valence-electron chi connectivity index (χ1n) is 34.0. The summed E-state index contributed by atoms with van der Waals surface area (Å²) in [6, 6.07) is 0. The van der Waals surface area contributed by atoms with E-state index < -0.39 is 24.3 Å². The van der Waals surface area contributed by atoms with Gasteiger partial charge in [-0.3, -0.25) is 9.59 Å². The molecule has 0 aliphatic carbocycles. The van der Waals surface area contributed by atoms with Crippen molar-refractivity contribution >= 4 is 17.9 Å². The Morgan fingerprint density at radius 2 is 0.635 bits per heavy atom. The molecule has 0 rings (SSSR count). The molecule has 0 saturated carbocycles. The van der Waals surface area contributed by atoms with Crippen LogP contribution in [0, 0.1) is 0 Å². The second kappa shape index (κ2) is 65.2. The molecular formula is C76H126NO8+. The highest BCUT2D eigenvalue weighted by Crippen LogP contribution is 2.16. The Kier molecular flexibility index (Phi) is 61.4. The number of carbonyl (C=O) groups excluding carboxylic acids is 2. The van der Waals surface area contributed by atoms with Gasteiger partial charge in [0.25, 0.3) is 6.29 Å². The van der Waals surface area contributed by atoms with Crippen molar-refractivity contribution in [3.63, 3.8) is 0 Å². The van der Waals surface area contributed by atoms with E-state index >= 15 is 0 Å². The zero-order chi connectivity index (χ0) is 61.9. The van der Waals surface area contributed by atoms with E-state index in [1.54, 1.807) is 0 Å². The number of esters is 2. The molecule has 0 heterocycles. The highest BCUT2D eigenvalue weighted by Gasteiger charge is 2.25. The van der Waals surface area contributed by atoms with E-state index in [0.29, 0.717) is 23.9 Å². The Hall–Kier alpha value is -4.83. The molecule has 9 heteroatoms. The summed E-state index contributed by atoms with van der Waals surface area (Å²) in [7, 11) is 5.96. The topological polar surface area (TPSA) is 108 Å². The fourth-order valence-corrected chi connectivity index (χ4v) is 8.96. The van der Waals surface area contributed by atoms with Crippen LogP contribution >= 0.6 is 0 Å². The van der Waals surface area contributed by atoms with Crippen LogP contribution in [0.25, 0.3) is 0 Å². The van der Waals surface area contributed by atoms with Crippen molar-refractivity contribution in [2.75, 3.05) is 47.5 Å². The second-order valence-corrected chi connectivity index (χ2v) is 23.4. The Labute approximate surface area is 522 Å². The number of ether oxygens (including phenoxy) is 4. The van der Waals surface area contributed by atoms with E-state index in [1.807, 2.05) is 21.1 Å². The highest BCUT2D eigenvalue weighted by atomic mass is 16.7. The molecule has 0 fully saturated rings. The van der Waals surface area contributed by atoms with Crippen LogP contribution in [0.4, 0.5) is 0 Å². The number of rotatable bonds is 61. The lowest BCUT2D eigenvalue weighted by Crippen LogP contribution is -2.40. The molecule has 0 spiro atoms. The minimum atomic E-state index is -1.52. The predicted molar refractivity (Wildman–Crippen MR) is 364 cm³/mol. The van der Waals surface area contributed by atoms with Gasteiger partial charge in [-0.1, -0.05) is 275 Å². The van der Waals surface area contributed by atoms with Crippen molar-refractivity contribution in [1.82, 2.24) is 0 Å². The van der Waals surface area contributed by atoms with Crippen LogP contribution in [-0.2, 0) is 33.3 Å². The summed E-state index contributed by atoms with van der Waals surface area (Å²) in [4.78, 5) is 37.6. The van der Waals surface area contributed by atoms with Gasteiger partial charge in [-0.05, 0) is 116 Å². The van der Waals surface area contributed by atoms with Crippen LogP contribution in [0.3, 0.4) is 0 Å². The highest BCUT2D eigenvalue weighted by molar-refractivity contribution is 5.71. The molecule has 9 nitrogen and oxygen atoms in total. The third-order valence-corrected chi connectivity index (χ3v) is 14.1. The number of carboxylic acids is 1. The van der Waals surface area contributed by atoms with E-state index in [9.17, 15) is 19.5 Å². The Morgan fingerprint density at radius 3 is 0.941 bits per heavy atom. The molecule has 0 saturated heterocycles. The molecule has 0 aliphatic rings. The summed E-state index contributed by atoms with van der Waals surface area (Å²) < 4.78 is 23.0. The maximum Gasteiger partial charge on any atom is 0.361 e. The van der Waals surface area contributed by atoms with Crippen LogP contribution < -0.4 is 0 Å². The monoisotopic (exact) mass is 1180 g/mol. The quantitative estimate of drug-likeness (QED) is 0.0211. The van der Waals surface area contributed by atoms with Crippen LogP contribution in [0.15, 0.2) is 146 Å². The standard InChI is InChI=1S/C76H125NO8/c1-6-8-10-12-14-16-18-20-22-24-26-28-30-32-34-36-37-39-40-42-44-46-48-50-52-54-56-58-60-62-64-66-73(78)83-70-72(71-84-76(75(80)81)82-69-68-77(3,4)5)85-74(79)67-65-63-61-59-57-55-53-51-49-47-45-43-41-38-35-33-31-29-27-25-23-21-19-17-15-13-11-9-7-2/h8-11,14-17,20-23,26-29,32-35,41,43,47,49,72,76H,6-7,12-13,18-19,24-25,30-31,36-40,42,44-46,48,50-71H2,1-5H3/p+1/b10-8-,11-9-,16-14-,17-15-,22-20-,23-21-,28-26-,29-27-,34-32-,35-33-,43-41-,49-47-. The SMILES string of the molecule is CC/C=C\C/C=C\C/C=C\C/C=C\C/C=C\C/C=C\C/C=C\CCCCCCCCCC(=O)OC(COC(=O)CCCCCCCCCCCCCCCCC/C=C\C/C=C\C/C=C\C/C=C\C/C=C\CC)COC(OCC[N+](C)(C)C)C(=O)O. The van der Waals surface area contributed by atoms with Gasteiger partial charge in [-0.15, -0.1) is 0 Å². The molecule has 2 atom stereocenters.